The number of aliphatic hydroxyl groups is 1. The topological polar surface area (TPSA) is 83.4 Å². The summed E-state index contributed by atoms with van der Waals surface area (Å²) < 4.78 is 81.9. The van der Waals surface area contributed by atoms with Gasteiger partial charge in [-0.1, -0.05) is 12.2 Å². The lowest BCUT2D eigenvalue weighted by Crippen LogP contribution is -2.39. The van der Waals surface area contributed by atoms with Crippen LogP contribution in [0.15, 0.2) is 29.3 Å². The number of aromatic nitrogens is 1. The molecule has 1 aromatic carbocycles. The molecule has 0 aliphatic carbocycles. The third kappa shape index (κ3) is 4.16. The molecule has 6 nitrogen and oxygen atoms in total. The normalized spacial score (nSPS) is 19.1. The molecule has 1 aliphatic rings. The first kappa shape index (κ1) is 21.3. The summed E-state index contributed by atoms with van der Waals surface area (Å²) in [7, 11) is -2.32. The Hall–Kier alpha value is -2.37. The molecule has 11 heteroatoms. The largest absolute Gasteiger partial charge is 0.391 e. The molecule has 2 aromatic rings. The number of alkyl halides is 2. The van der Waals surface area contributed by atoms with Gasteiger partial charge >= 0.3 is 0 Å². The number of nitrogens with zero attached hydrogens (tertiary/aromatic N) is 1. The highest BCUT2D eigenvalue weighted by Crippen LogP contribution is 2.30. The van der Waals surface area contributed by atoms with Crippen molar-refractivity contribution in [1.29, 1.82) is 0 Å². The number of hydrogen-bond acceptors (Lipinski definition) is 4. The second-order valence-electron chi connectivity index (χ2n) is 6.73. The maximum absolute atomic E-state index is 13.6. The molecule has 0 amide bonds. The Balaban J connectivity index is 1.95. The highest BCUT2D eigenvalue weighted by molar-refractivity contribution is 7.89. The standard InChI is InChI=1S/C18H19F4N3O3S/c1-9(26)14-4-3-11-15(25(2)8-16(11)29(27,28)24-14)7-23-10-5-12(18(21)22)17(20)13(19)6-10/h3-6,8-9,14,18,23-24,26H,7H2,1-2H3/t9-,14+/m0/s1. The molecule has 1 aliphatic heterocycles. The highest BCUT2D eigenvalue weighted by Gasteiger charge is 2.29. The highest BCUT2D eigenvalue weighted by atomic mass is 32.2. The van der Waals surface area contributed by atoms with Crippen LogP contribution in [-0.4, -0.2) is 30.2 Å². The maximum atomic E-state index is 13.6. The molecule has 0 fully saturated rings. The Bertz CT molecular complexity index is 1060. The summed E-state index contributed by atoms with van der Waals surface area (Å²) in [5, 5.41) is 12.4. The van der Waals surface area contributed by atoms with Crippen LogP contribution >= 0.6 is 0 Å². The number of rotatable bonds is 5. The third-order valence-electron chi connectivity index (χ3n) is 4.64. The van der Waals surface area contributed by atoms with Gasteiger partial charge in [-0.15, -0.1) is 0 Å². The van der Waals surface area contributed by atoms with Gasteiger partial charge in [-0.2, -0.15) is 0 Å². The Labute approximate surface area is 164 Å². The number of hydrogen-bond donors (Lipinski definition) is 3. The molecule has 2 heterocycles. The quantitative estimate of drug-likeness (QED) is 0.634. The van der Waals surface area contributed by atoms with Crippen LogP contribution in [0.5, 0.6) is 0 Å². The zero-order valence-corrected chi connectivity index (χ0v) is 16.3. The van der Waals surface area contributed by atoms with Crippen molar-refractivity contribution in [3.05, 3.63) is 52.9 Å². The Morgan fingerprint density at radius 2 is 2.00 bits per heavy atom. The molecule has 2 atom stereocenters. The van der Waals surface area contributed by atoms with E-state index in [1.54, 1.807) is 7.05 Å². The molecule has 29 heavy (non-hydrogen) atoms. The van der Waals surface area contributed by atoms with E-state index in [4.69, 9.17) is 0 Å². The van der Waals surface area contributed by atoms with Crippen LogP contribution in [0, 0.1) is 11.6 Å². The fraction of sp³-hybridized carbons (Fsp3) is 0.333. The number of sulfonamides is 1. The zero-order chi connectivity index (χ0) is 21.5. The first-order chi connectivity index (χ1) is 13.5. The van der Waals surface area contributed by atoms with Crippen LogP contribution in [0.1, 0.15) is 30.2 Å². The van der Waals surface area contributed by atoms with E-state index in [9.17, 15) is 31.1 Å². The molecular weight excluding hydrogens is 414 g/mol. The summed E-state index contributed by atoms with van der Waals surface area (Å²) in [5.41, 5.74) is -0.331. The van der Waals surface area contributed by atoms with Crippen molar-refractivity contribution in [2.45, 2.75) is 36.9 Å². The van der Waals surface area contributed by atoms with Gasteiger partial charge in [0.15, 0.2) is 11.6 Å². The molecule has 0 saturated heterocycles. The van der Waals surface area contributed by atoms with Gasteiger partial charge in [-0.3, -0.25) is 0 Å². The van der Waals surface area contributed by atoms with Crippen LogP contribution in [-0.2, 0) is 23.6 Å². The molecule has 3 rings (SSSR count). The van der Waals surface area contributed by atoms with Crippen molar-refractivity contribution in [2.24, 2.45) is 7.05 Å². The van der Waals surface area contributed by atoms with Crippen LogP contribution < -0.4 is 10.0 Å². The molecule has 158 valence electrons. The van der Waals surface area contributed by atoms with Gasteiger partial charge in [0.05, 0.1) is 24.3 Å². The van der Waals surface area contributed by atoms with Gasteiger partial charge in [0.25, 0.3) is 6.43 Å². The molecule has 0 radical (unpaired) electrons. The molecule has 0 unspecified atom stereocenters. The lowest BCUT2D eigenvalue weighted by atomic mass is 10.1. The van der Waals surface area contributed by atoms with Gasteiger partial charge in [-0.05, 0) is 13.0 Å². The van der Waals surface area contributed by atoms with Crippen molar-refractivity contribution in [2.75, 3.05) is 5.32 Å². The van der Waals surface area contributed by atoms with Crippen LogP contribution in [0.3, 0.4) is 0 Å². The SMILES string of the molecule is C[C@H](O)[C@H]1C=Cc2c(cn(C)c2CNc2cc(F)c(F)c(C(F)F)c2)S(=O)(=O)N1. The number of aliphatic hydroxyl groups excluding tert-OH is 1. The lowest BCUT2D eigenvalue weighted by molar-refractivity contribution is 0.145. The van der Waals surface area contributed by atoms with E-state index in [2.05, 4.69) is 10.0 Å². The fourth-order valence-electron chi connectivity index (χ4n) is 3.07. The molecule has 3 N–H and O–H groups in total. The molecule has 0 spiro atoms. The van der Waals surface area contributed by atoms with E-state index in [1.807, 2.05) is 0 Å². The second-order valence-corrected chi connectivity index (χ2v) is 8.41. The predicted molar refractivity (Wildman–Crippen MR) is 98.9 cm³/mol. The van der Waals surface area contributed by atoms with Gasteiger partial charge < -0.3 is 15.0 Å². The number of nitrogens with one attached hydrogen (secondary N) is 2. The summed E-state index contributed by atoms with van der Waals surface area (Å²) in [5.74, 6) is -3.02. The third-order valence-corrected chi connectivity index (χ3v) is 6.12. The van der Waals surface area contributed by atoms with E-state index in [0.29, 0.717) is 11.3 Å². The van der Waals surface area contributed by atoms with Gasteiger partial charge in [0.1, 0.15) is 4.90 Å². The van der Waals surface area contributed by atoms with Crippen LogP contribution in [0.4, 0.5) is 23.2 Å². The zero-order valence-electron chi connectivity index (χ0n) is 15.5. The number of aryl methyl sites for hydroxylation is 1. The van der Waals surface area contributed by atoms with Gasteiger partial charge in [0, 0.05) is 36.3 Å². The first-order valence-electron chi connectivity index (χ1n) is 8.59. The van der Waals surface area contributed by atoms with Crippen LogP contribution in [0.25, 0.3) is 6.08 Å². The van der Waals surface area contributed by atoms with E-state index < -0.39 is 45.8 Å². The van der Waals surface area contributed by atoms with Crippen molar-refractivity contribution >= 4 is 21.8 Å². The fourth-order valence-corrected chi connectivity index (χ4v) is 4.60. The van der Waals surface area contributed by atoms with Crippen molar-refractivity contribution < 1.29 is 31.1 Å². The average molecular weight is 433 g/mol. The lowest BCUT2D eigenvalue weighted by Gasteiger charge is -2.15. The maximum Gasteiger partial charge on any atom is 0.266 e. The minimum absolute atomic E-state index is 0.0187. The van der Waals surface area contributed by atoms with Crippen molar-refractivity contribution in [3.63, 3.8) is 0 Å². The molecule has 0 saturated carbocycles. The minimum atomic E-state index is -3.92. The van der Waals surface area contributed by atoms with Gasteiger partial charge in [0.2, 0.25) is 10.0 Å². The molecule has 0 bridgehead atoms. The predicted octanol–water partition coefficient (Wildman–Crippen LogP) is 2.91. The summed E-state index contributed by atoms with van der Waals surface area (Å²) in [6.07, 6.45) is 0.268. The smallest absolute Gasteiger partial charge is 0.266 e. The average Bonchev–Trinajstić information content (AvgIpc) is 2.88. The monoisotopic (exact) mass is 433 g/mol. The number of benzene rings is 1. The number of fused-ring (bicyclic) bond motifs is 1. The van der Waals surface area contributed by atoms with E-state index in [0.717, 1.165) is 12.1 Å². The first-order valence-corrected chi connectivity index (χ1v) is 10.1. The number of halogens is 4. The van der Waals surface area contributed by atoms with Crippen molar-refractivity contribution in [3.8, 4) is 0 Å². The Morgan fingerprint density at radius 1 is 1.31 bits per heavy atom. The van der Waals surface area contributed by atoms with E-state index >= 15 is 0 Å². The second kappa shape index (κ2) is 7.81. The summed E-state index contributed by atoms with van der Waals surface area (Å²) in [6, 6.07) is 0.737. The Morgan fingerprint density at radius 3 is 2.62 bits per heavy atom. The minimum Gasteiger partial charge on any atom is -0.391 e. The van der Waals surface area contributed by atoms with Crippen LogP contribution in [0.2, 0.25) is 0 Å². The van der Waals surface area contributed by atoms with Gasteiger partial charge in [-0.25, -0.2) is 30.7 Å². The summed E-state index contributed by atoms with van der Waals surface area (Å²) >= 11 is 0. The Kier molecular flexibility index (Phi) is 5.74. The molecular formula is C18H19F4N3O3S. The summed E-state index contributed by atoms with van der Waals surface area (Å²) in [4.78, 5) is -0.0187. The van der Waals surface area contributed by atoms with Crippen molar-refractivity contribution in [1.82, 2.24) is 9.29 Å². The van der Waals surface area contributed by atoms with E-state index in [-0.39, 0.29) is 17.1 Å². The summed E-state index contributed by atoms with van der Waals surface area (Å²) in [6.45, 7) is 1.40. The number of anilines is 1. The van der Waals surface area contributed by atoms with E-state index in [1.165, 1.54) is 29.8 Å². The molecule has 1 aromatic heterocycles.